The summed E-state index contributed by atoms with van der Waals surface area (Å²) in [6, 6.07) is 15.6. The van der Waals surface area contributed by atoms with Gasteiger partial charge in [0.2, 0.25) is 11.9 Å². The standard InChI is InChI=1S/C31H28F5N7O4S/c1-17(2)23-14-13-22(46-4)15-24(23)42-25(44)16-48-29(42)40-28(45)38-19-7-5-18(6-8-19)26-39-27(37-3)43(41-26)20-9-11-21(12-10-20)47-31(35,36)30(32,33)34/h5-15,17H,16H2,1-4H3,(H,38,45)(H,37,39,41)/b40-29-. The van der Waals surface area contributed by atoms with Crippen LogP contribution in [0.2, 0.25) is 0 Å². The van der Waals surface area contributed by atoms with Crippen molar-refractivity contribution in [2.45, 2.75) is 32.1 Å². The number of ether oxygens (including phenoxy) is 2. The van der Waals surface area contributed by atoms with E-state index in [1.165, 1.54) is 28.8 Å². The number of amides is 3. The van der Waals surface area contributed by atoms with Gasteiger partial charge in [0, 0.05) is 24.4 Å². The number of benzene rings is 3. The Morgan fingerprint density at radius 2 is 1.67 bits per heavy atom. The molecule has 1 aliphatic heterocycles. The molecule has 2 N–H and O–H groups in total. The number of hydrogen-bond donors (Lipinski definition) is 2. The number of thioether (sulfide) groups is 1. The van der Waals surface area contributed by atoms with E-state index in [4.69, 9.17) is 4.74 Å². The first-order valence-corrected chi connectivity index (χ1v) is 15.2. The molecule has 3 amide bonds. The lowest BCUT2D eigenvalue weighted by Crippen LogP contribution is -2.41. The number of alkyl halides is 5. The van der Waals surface area contributed by atoms with Crippen molar-refractivity contribution in [3.63, 3.8) is 0 Å². The number of halogens is 5. The van der Waals surface area contributed by atoms with Gasteiger partial charge in [-0.05, 0) is 66.1 Å². The van der Waals surface area contributed by atoms with Gasteiger partial charge in [0.05, 0.1) is 24.2 Å². The molecule has 0 aliphatic carbocycles. The predicted molar refractivity (Wildman–Crippen MR) is 171 cm³/mol. The van der Waals surface area contributed by atoms with Crippen LogP contribution in [0.5, 0.6) is 11.5 Å². The molecule has 5 rings (SSSR count). The molecular formula is C31H28F5N7O4S. The van der Waals surface area contributed by atoms with E-state index in [0.717, 1.165) is 29.5 Å². The zero-order valence-corrected chi connectivity index (χ0v) is 26.6. The van der Waals surface area contributed by atoms with Crippen molar-refractivity contribution in [2.75, 3.05) is 35.4 Å². The van der Waals surface area contributed by atoms with Crippen molar-refractivity contribution in [1.82, 2.24) is 14.8 Å². The Kier molecular flexibility index (Phi) is 9.61. The Balaban J connectivity index is 1.31. The smallest absolute Gasteiger partial charge is 0.497 e. The number of carbonyl (C=O) groups is 2. The van der Waals surface area contributed by atoms with Crippen LogP contribution in [0.4, 0.5) is 44.1 Å². The maximum Gasteiger partial charge on any atom is 0.499 e. The van der Waals surface area contributed by atoms with Crippen molar-refractivity contribution in [3.8, 4) is 28.6 Å². The minimum absolute atomic E-state index is 0.0885. The topological polar surface area (TPSA) is 123 Å². The average Bonchev–Trinajstić information content (AvgIpc) is 3.63. The van der Waals surface area contributed by atoms with Gasteiger partial charge in [-0.2, -0.15) is 36.6 Å². The predicted octanol–water partition coefficient (Wildman–Crippen LogP) is 7.31. The molecule has 0 radical (unpaired) electrons. The number of amidine groups is 1. The molecule has 1 saturated heterocycles. The molecule has 11 nitrogen and oxygen atoms in total. The molecule has 0 saturated carbocycles. The number of nitrogens with zero attached hydrogens (tertiary/aromatic N) is 5. The Labute approximate surface area is 275 Å². The second kappa shape index (κ2) is 13.5. The highest BCUT2D eigenvalue weighted by Gasteiger charge is 2.61. The average molecular weight is 690 g/mol. The highest BCUT2D eigenvalue weighted by atomic mass is 32.2. The van der Waals surface area contributed by atoms with Crippen molar-refractivity contribution in [2.24, 2.45) is 4.99 Å². The summed E-state index contributed by atoms with van der Waals surface area (Å²) >= 11 is 1.15. The van der Waals surface area contributed by atoms with Gasteiger partial charge in [0.25, 0.3) is 0 Å². The SMILES string of the molecule is CNc1nc(-c2ccc(NC(=O)/N=C3\SCC(=O)N3c3cc(OC)ccc3C(C)C)cc2)nn1-c1ccc(OC(F)(F)C(F)(F)F)cc1. The lowest BCUT2D eigenvalue weighted by Gasteiger charge is -2.22. The molecular weight excluding hydrogens is 661 g/mol. The van der Waals surface area contributed by atoms with Crippen molar-refractivity contribution >= 4 is 46.2 Å². The van der Waals surface area contributed by atoms with E-state index in [9.17, 15) is 31.5 Å². The van der Waals surface area contributed by atoms with Crippen LogP contribution in [-0.2, 0) is 4.79 Å². The summed E-state index contributed by atoms with van der Waals surface area (Å²) in [6.45, 7) is 3.99. The second-order valence-electron chi connectivity index (χ2n) is 10.5. The van der Waals surface area contributed by atoms with Crippen LogP contribution in [0.1, 0.15) is 25.3 Å². The zero-order chi connectivity index (χ0) is 34.8. The Hall–Kier alpha value is -5.19. The van der Waals surface area contributed by atoms with E-state index < -0.39 is 24.1 Å². The van der Waals surface area contributed by atoms with E-state index in [0.29, 0.717) is 28.4 Å². The summed E-state index contributed by atoms with van der Waals surface area (Å²) in [4.78, 5) is 35.8. The largest absolute Gasteiger partial charge is 0.499 e. The fourth-order valence-electron chi connectivity index (χ4n) is 4.59. The molecule has 0 bridgehead atoms. The molecule has 17 heteroatoms. The van der Waals surface area contributed by atoms with Crippen LogP contribution < -0.4 is 25.0 Å². The number of urea groups is 1. The summed E-state index contributed by atoms with van der Waals surface area (Å²) in [7, 11) is 3.10. The molecule has 252 valence electrons. The first kappa shape index (κ1) is 34.2. The van der Waals surface area contributed by atoms with Gasteiger partial charge in [-0.1, -0.05) is 31.7 Å². The van der Waals surface area contributed by atoms with Gasteiger partial charge < -0.3 is 20.1 Å². The minimum Gasteiger partial charge on any atom is -0.497 e. The molecule has 2 heterocycles. The third-order valence-electron chi connectivity index (χ3n) is 6.95. The van der Waals surface area contributed by atoms with Crippen molar-refractivity contribution in [1.29, 1.82) is 0 Å². The summed E-state index contributed by atoms with van der Waals surface area (Å²) in [5.74, 6) is 0.354. The van der Waals surface area contributed by atoms with Gasteiger partial charge in [-0.25, -0.2) is 4.79 Å². The Morgan fingerprint density at radius 3 is 2.27 bits per heavy atom. The van der Waals surface area contributed by atoms with E-state index in [1.807, 2.05) is 26.0 Å². The van der Waals surface area contributed by atoms with Gasteiger partial charge in [0.15, 0.2) is 11.0 Å². The fourth-order valence-corrected chi connectivity index (χ4v) is 5.45. The molecule has 0 spiro atoms. The highest BCUT2D eigenvalue weighted by Crippen LogP contribution is 2.38. The maximum atomic E-state index is 13.3. The van der Waals surface area contributed by atoms with Crippen LogP contribution in [-0.4, -0.2) is 64.1 Å². The first-order valence-electron chi connectivity index (χ1n) is 14.2. The van der Waals surface area contributed by atoms with Gasteiger partial charge in [0.1, 0.15) is 11.5 Å². The zero-order valence-electron chi connectivity index (χ0n) is 25.8. The number of carbonyl (C=O) groups excluding carboxylic acids is 2. The summed E-state index contributed by atoms with van der Waals surface area (Å²) in [5.41, 5.74) is 2.73. The molecule has 1 aliphatic rings. The van der Waals surface area contributed by atoms with Crippen molar-refractivity contribution in [3.05, 3.63) is 72.3 Å². The fraction of sp³-hybridized carbons (Fsp3) is 0.258. The van der Waals surface area contributed by atoms with Gasteiger partial charge in [-0.15, -0.1) is 5.10 Å². The van der Waals surface area contributed by atoms with E-state index in [1.54, 1.807) is 37.4 Å². The highest BCUT2D eigenvalue weighted by molar-refractivity contribution is 8.15. The van der Waals surface area contributed by atoms with Crippen LogP contribution >= 0.6 is 11.8 Å². The Bertz CT molecular complexity index is 1850. The van der Waals surface area contributed by atoms with Gasteiger partial charge >= 0.3 is 18.3 Å². The van der Waals surface area contributed by atoms with Crippen LogP contribution in [0.3, 0.4) is 0 Å². The number of aliphatic imine (C=N–C) groups is 1. The lowest BCUT2D eigenvalue weighted by atomic mass is 10.00. The minimum atomic E-state index is -5.87. The molecule has 0 unspecified atom stereocenters. The third-order valence-corrected chi connectivity index (χ3v) is 7.87. The number of methoxy groups -OCH3 is 1. The van der Waals surface area contributed by atoms with E-state index in [2.05, 4.69) is 30.4 Å². The number of aromatic nitrogens is 3. The molecule has 4 aromatic rings. The van der Waals surface area contributed by atoms with Crippen LogP contribution in [0.15, 0.2) is 71.7 Å². The monoisotopic (exact) mass is 689 g/mol. The Morgan fingerprint density at radius 1 is 1.00 bits per heavy atom. The number of hydrogen-bond acceptors (Lipinski definition) is 8. The number of nitrogens with one attached hydrogen (secondary N) is 2. The van der Waals surface area contributed by atoms with Crippen molar-refractivity contribution < 1.29 is 41.0 Å². The van der Waals surface area contributed by atoms with E-state index >= 15 is 0 Å². The molecule has 0 atom stereocenters. The lowest BCUT2D eigenvalue weighted by molar-refractivity contribution is -0.360. The first-order chi connectivity index (χ1) is 22.7. The maximum absolute atomic E-state index is 13.3. The quantitative estimate of drug-likeness (QED) is 0.176. The van der Waals surface area contributed by atoms with Crippen LogP contribution in [0.25, 0.3) is 17.1 Å². The second-order valence-corrected chi connectivity index (χ2v) is 11.5. The number of rotatable bonds is 9. The molecule has 1 fully saturated rings. The molecule has 3 aromatic carbocycles. The molecule has 48 heavy (non-hydrogen) atoms. The van der Waals surface area contributed by atoms with E-state index in [-0.39, 0.29) is 34.5 Å². The normalized spacial score (nSPS) is 14.5. The summed E-state index contributed by atoms with van der Waals surface area (Å²) in [6.07, 6.45) is -11.2. The van der Waals surface area contributed by atoms with Crippen LogP contribution in [0, 0.1) is 0 Å². The molecule has 1 aromatic heterocycles. The summed E-state index contributed by atoms with van der Waals surface area (Å²) in [5, 5.41) is 10.2. The van der Waals surface area contributed by atoms with Gasteiger partial charge in [-0.3, -0.25) is 9.69 Å². The summed E-state index contributed by atoms with van der Waals surface area (Å²) < 4.78 is 74.5. The number of anilines is 3. The third kappa shape index (κ3) is 7.20.